The Bertz CT molecular complexity index is 445. The van der Waals surface area contributed by atoms with E-state index in [4.69, 9.17) is 18.9 Å². The summed E-state index contributed by atoms with van der Waals surface area (Å²) in [5.74, 6) is 2.71. The molecule has 4 rings (SSSR count). The Morgan fingerprint density at radius 3 is 2.94 bits per heavy atom. The third kappa shape index (κ3) is 1.44. The lowest BCUT2D eigenvalue weighted by molar-refractivity contribution is 0.0501. The minimum absolute atomic E-state index is 0.150. The topological polar surface area (TPSA) is 36.9 Å². The van der Waals surface area contributed by atoms with Crippen molar-refractivity contribution in [3.05, 3.63) is 23.8 Å². The molecule has 1 unspecified atom stereocenters. The molecule has 0 radical (unpaired) electrons. The van der Waals surface area contributed by atoms with E-state index in [1.165, 1.54) is 5.56 Å². The third-order valence-corrected chi connectivity index (χ3v) is 3.85. The first kappa shape index (κ1) is 9.74. The molecule has 90 valence electrons. The smallest absolute Gasteiger partial charge is 0.231 e. The zero-order valence-corrected chi connectivity index (χ0v) is 9.43. The molecule has 0 bridgehead atoms. The van der Waals surface area contributed by atoms with Gasteiger partial charge in [0.05, 0.1) is 25.9 Å². The van der Waals surface area contributed by atoms with E-state index in [1.807, 2.05) is 12.1 Å². The Morgan fingerprint density at radius 2 is 1.94 bits per heavy atom. The summed E-state index contributed by atoms with van der Waals surface area (Å²) in [6.07, 6.45) is 0.150. The molecular weight excluding hydrogens is 220 g/mol. The summed E-state index contributed by atoms with van der Waals surface area (Å²) >= 11 is 0. The van der Waals surface area contributed by atoms with E-state index < -0.39 is 0 Å². The molecule has 0 saturated carbocycles. The Morgan fingerprint density at radius 1 is 1.00 bits per heavy atom. The van der Waals surface area contributed by atoms with Crippen molar-refractivity contribution >= 4 is 0 Å². The highest BCUT2D eigenvalue weighted by atomic mass is 16.7. The molecule has 3 aliphatic heterocycles. The second kappa shape index (κ2) is 3.62. The van der Waals surface area contributed by atoms with Gasteiger partial charge in [0.2, 0.25) is 6.79 Å². The van der Waals surface area contributed by atoms with Gasteiger partial charge in [0, 0.05) is 11.8 Å². The van der Waals surface area contributed by atoms with Crippen LogP contribution in [0.4, 0.5) is 0 Å². The number of benzene rings is 1. The Kier molecular flexibility index (Phi) is 2.07. The first-order valence-corrected chi connectivity index (χ1v) is 6.01. The summed E-state index contributed by atoms with van der Waals surface area (Å²) < 4.78 is 22.1. The molecule has 0 amide bonds. The Balaban J connectivity index is 1.66. The van der Waals surface area contributed by atoms with E-state index in [1.54, 1.807) is 0 Å². The van der Waals surface area contributed by atoms with Gasteiger partial charge in [0.25, 0.3) is 0 Å². The molecule has 4 nitrogen and oxygen atoms in total. The molecule has 0 aromatic heterocycles. The molecule has 3 aliphatic rings. The van der Waals surface area contributed by atoms with Crippen LogP contribution in [0.25, 0.3) is 0 Å². The van der Waals surface area contributed by atoms with Crippen molar-refractivity contribution in [2.24, 2.45) is 11.8 Å². The predicted molar refractivity (Wildman–Crippen MR) is 59.1 cm³/mol. The number of fused-ring (bicyclic) bond motifs is 2. The predicted octanol–water partition coefficient (Wildman–Crippen LogP) is 1.75. The lowest BCUT2D eigenvalue weighted by Crippen LogP contribution is -2.12. The van der Waals surface area contributed by atoms with E-state index in [9.17, 15) is 0 Å². The highest BCUT2D eigenvalue weighted by molar-refractivity contribution is 5.45. The van der Waals surface area contributed by atoms with E-state index in [2.05, 4.69) is 6.07 Å². The van der Waals surface area contributed by atoms with E-state index >= 15 is 0 Å². The third-order valence-electron chi connectivity index (χ3n) is 3.85. The van der Waals surface area contributed by atoms with Gasteiger partial charge in [-0.2, -0.15) is 0 Å². The van der Waals surface area contributed by atoms with Crippen LogP contribution in [-0.2, 0) is 9.47 Å². The maximum absolute atomic E-state index is 5.89. The molecule has 17 heavy (non-hydrogen) atoms. The molecule has 1 aromatic rings. The highest BCUT2D eigenvalue weighted by Crippen LogP contribution is 2.44. The first-order chi connectivity index (χ1) is 8.42. The lowest BCUT2D eigenvalue weighted by atomic mass is 9.90. The summed E-state index contributed by atoms with van der Waals surface area (Å²) in [6.45, 7) is 2.78. The largest absolute Gasteiger partial charge is 0.454 e. The standard InChI is InChI=1S/C13H14O4/c1-2-11-12(17-7-16-11)3-8(1)13-10-6-14-4-9(10)5-15-13/h1-3,9-10,13H,4-7H2/t9?,10-,13-/m1/s1. The van der Waals surface area contributed by atoms with Crippen molar-refractivity contribution < 1.29 is 18.9 Å². The Hall–Kier alpha value is -1.26. The number of hydrogen-bond acceptors (Lipinski definition) is 4. The van der Waals surface area contributed by atoms with Gasteiger partial charge in [-0.05, 0) is 17.7 Å². The van der Waals surface area contributed by atoms with Crippen LogP contribution in [0.15, 0.2) is 18.2 Å². The van der Waals surface area contributed by atoms with Gasteiger partial charge in [0.1, 0.15) is 0 Å². The van der Waals surface area contributed by atoms with E-state index in [0.717, 1.165) is 31.3 Å². The van der Waals surface area contributed by atoms with E-state index in [0.29, 0.717) is 18.6 Å². The molecule has 2 saturated heterocycles. The maximum Gasteiger partial charge on any atom is 0.231 e. The summed E-state index contributed by atoms with van der Waals surface area (Å²) in [5, 5.41) is 0. The summed E-state index contributed by atoms with van der Waals surface area (Å²) in [5.41, 5.74) is 1.17. The second-order valence-electron chi connectivity index (χ2n) is 4.83. The number of hydrogen-bond donors (Lipinski definition) is 0. The molecule has 0 aliphatic carbocycles. The van der Waals surface area contributed by atoms with E-state index in [-0.39, 0.29) is 6.10 Å². The monoisotopic (exact) mass is 234 g/mol. The minimum atomic E-state index is 0.150. The van der Waals surface area contributed by atoms with Gasteiger partial charge in [-0.15, -0.1) is 0 Å². The first-order valence-electron chi connectivity index (χ1n) is 6.01. The average Bonchev–Trinajstić information content (AvgIpc) is 3.03. The number of rotatable bonds is 1. The van der Waals surface area contributed by atoms with Crippen LogP contribution < -0.4 is 9.47 Å². The lowest BCUT2D eigenvalue weighted by Gasteiger charge is -2.16. The molecule has 1 aromatic carbocycles. The molecular formula is C13H14O4. The van der Waals surface area contributed by atoms with Crippen molar-refractivity contribution in [2.75, 3.05) is 26.6 Å². The summed E-state index contributed by atoms with van der Waals surface area (Å²) in [6, 6.07) is 6.07. The number of ether oxygens (including phenoxy) is 4. The highest BCUT2D eigenvalue weighted by Gasteiger charge is 2.42. The maximum atomic E-state index is 5.89. The van der Waals surface area contributed by atoms with Crippen LogP contribution in [0.5, 0.6) is 11.5 Å². The van der Waals surface area contributed by atoms with Crippen molar-refractivity contribution in [2.45, 2.75) is 6.10 Å². The fourth-order valence-electron chi connectivity index (χ4n) is 2.91. The van der Waals surface area contributed by atoms with Gasteiger partial charge < -0.3 is 18.9 Å². The molecule has 4 heteroatoms. The minimum Gasteiger partial charge on any atom is -0.454 e. The van der Waals surface area contributed by atoms with Gasteiger partial charge in [-0.3, -0.25) is 0 Å². The second-order valence-corrected chi connectivity index (χ2v) is 4.83. The molecule has 0 N–H and O–H groups in total. The van der Waals surface area contributed by atoms with Crippen LogP contribution in [0.1, 0.15) is 11.7 Å². The van der Waals surface area contributed by atoms with Crippen molar-refractivity contribution in [1.82, 2.24) is 0 Å². The molecule has 0 spiro atoms. The van der Waals surface area contributed by atoms with Crippen LogP contribution in [0, 0.1) is 11.8 Å². The molecule has 2 fully saturated rings. The zero-order chi connectivity index (χ0) is 11.2. The molecule has 3 atom stereocenters. The van der Waals surface area contributed by atoms with Crippen LogP contribution in [0.2, 0.25) is 0 Å². The van der Waals surface area contributed by atoms with Crippen LogP contribution >= 0.6 is 0 Å². The summed E-state index contributed by atoms with van der Waals surface area (Å²) in [4.78, 5) is 0. The van der Waals surface area contributed by atoms with Crippen molar-refractivity contribution in [3.8, 4) is 11.5 Å². The van der Waals surface area contributed by atoms with Crippen LogP contribution in [0.3, 0.4) is 0 Å². The quantitative estimate of drug-likeness (QED) is 0.741. The van der Waals surface area contributed by atoms with Crippen molar-refractivity contribution in [3.63, 3.8) is 0 Å². The van der Waals surface area contributed by atoms with Crippen LogP contribution in [-0.4, -0.2) is 26.6 Å². The van der Waals surface area contributed by atoms with Crippen molar-refractivity contribution in [1.29, 1.82) is 0 Å². The summed E-state index contributed by atoms with van der Waals surface area (Å²) in [7, 11) is 0. The Labute approximate surface area is 99.4 Å². The fraction of sp³-hybridized carbons (Fsp3) is 0.538. The average molecular weight is 234 g/mol. The van der Waals surface area contributed by atoms with Gasteiger partial charge in [-0.1, -0.05) is 6.07 Å². The zero-order valence-electron chi connectivity index (χ0n) is 9.43. The normalized spacial score (nSPS) is 34.0. The van der Waals surface area contributed by atoms with Gasteiger partial charge in [0.15, 0.2) is 11.5 Å². The van der Waals surface area contributed by atoms with Gasteiger partial charge >= 0.3 is 0 Å². The fourth-order valence-corrected chi connectivity index (χ4v) is 2.91. The SMILES string of the molecule is c1cc2c(cc1[C@H]1OCC3COC[C@H]31)OCO2. The van der Waals surface area contributed by atoms with Gasteiger partial charge in [-0.25, -0.2) is 0 Å². The molecule has 3 heterocycles.